The molecule has 0 bridgehead atoms. The minimum absolute atomic E-state index is 0.361. The first-order valence-electron chi connectivity index (χ1n) is 3.89. The number of halogens is 2. The molecule has 1 rings (SSSR count). The van der Waals surface area contributed by atoms with Crippen LogP contribution in [0, 0.1) is 5.82 Å². The summed E-state index contributed by atoms with van der Waals surface area (Å²) in [5.74, 6) is -0.361. The Morgan fingerprint density at radius 3 is 2.85 bits per heavy atom. The van der Waals surface area contributed by atoms with Crippen molar-refractivity contribution in [2.75, 3.05) is 0 Å². The van der Waals surface area contributed by atoms with Gasteiger partial charge in [0.25, 0.3) is 0 Å². The molecule has 0 aliphatic heterocycles. The summed E-state index contributed by atoms with van der Waals surface area (Å²) in [6.45, 7) is 3.50. The van der Waals surface area contributed by atoms with Crippen molar-refractivity contribution in [1.29, 1.82) is 0 Å². The molecule has 0 aromatic heterocycles. The largest absolute Gasteiger partial charge is 0.388 e. The van der Waals surface area contributed by atoms with Gasteiger partial charge in [-0.25, -0.2) is 4.39 Å². The van der Waals surface area contributed by atoms with E-state index in [9.17, 15) is 9.50 Å². The molecule has 1 unspecified atom stereocenters. The first kappa shape index (κ1) is 10.4. The summed E-state index contributed by atoms with van der Waals surface area (Å²) in [5, 5.41) is 9.48. The van der Waals surface area contributed by atoms with Crippen molar-refractivity contribution in [3.63, 3.8) is 0 Å². The molecule has 1 aromatic rings. The van der Waals surface area contributed by atoms with Gasteiger partial charge in [-0.15, -0.1) is 6.58 Å². The molecule has 3 heteroatoms. The molecule has 0 heterocycles. The Morgan fingerprint density at radius 1 is 1.62 bits per heavy atom. The van der Waals surface area contributed by atoms with E-state index in [-0.39, 0.29) is 5.82 Å². The standard InChI is InChI=1S/C10H10BrFO/c1-2-3-10(13)7-4-5-8(11)9(12)6-7/h2,4-6,10,13H,1,3H2. The highest BCUT2D eigenvalue weighted by Crippen LogP contribution is 2.22. The SMILES string of the molecule is C=CCC(O)c1ccc(Br)c(F)c1. The third kappa shape index (κ3) is 2.64. The van der Waals surface area contributed by atoms with Crippen molar-refractivity contribution in [3.05, 3.63) is 46.7 Å². The van der Waals surface area contributed by atoms with Gasteiger partial charge in [-0.2, -0.15) is 0 Å². The van der Waals surface area contributed by atoms with Crippen molar-refractivity contribution < 1.29 is 9.50 Å². The molecule has 0 radical (unpaired) electrons. The first-order valence-corrected chi connectivity index (χ1v) is 4.68. The van der Waals surface area contributed by atoms with Crippen LogP contribution in [0.4, 0.5) is 4.39 Å². The van der Waals surface area contributed by atoms with Gasteiger partial charge >= 0.3 is 0 Å². The van der Waals surface area contributed by atoms with Gasteiger partial charge in [-0.1, -0.05) is 12.1 Å². The van der Waals surface area contributed by atoms with E-state index >= 15 is 0 Å². The number of hydrogen-bond acceptors (Lipinski definition) is 1. The van der Waals surface area contributed by atoms with E-state index in [2.05, 4.69) is 22.5 Å². The average molecular weight is 245 g/mol. The number of aliphatic hydroxyl groups is 1. The summed E-state index contributed by atoms with van der Waals surface area (Å²) in [4.78, 5) is 0. The lowest BCUT2D eigenvalue weighted by atomic mass is 10.1. The lowest BCUT2D eigenvalue weighted by Gasteiger charge is -2.08. The zero-order valence-electron chi connectivity index (χ0n) is 7.00. The Labute approximate surface area is 85.0 Å². The summed E-state index contributed by atoms with van der Waals surface area (Å²) < 4.78 is 13.4. The van der Waals surface area contributed by atoms with Gasteiger partial charge in [0.15, 0.2) is 0 Å². The van der Waals surface area contributed by atoms with Gasteiger partial charge in [0.05, 0.1) is 10.6 Å². The van der Waals surface area contributed by atoms with E-state index < -0.39 is 6.10 Å². The summed E-state index contributed by atoms with van der Waals surface area (Å²) in [6, 6.07) is 4.58. The van der Waals surface area contributed by atoms with Crippen molar-refractivity contribution in [2.45, 2.75) is 12.5 Å². The van der Waals surface area contributed by atoms with Gasteiger partial charge in [0.2, 0.25) is 0 Å². The molecule has 1 atom stereocenters. The number of hydrogen-bond donors (Lipinski definition) is 1. The second kappa shape index (κ2) is 4.53. The van der Waals surface area contributed by atoms with Crippen molar-refractivity contribution >= 4 is 15.9 Å². The quantitative estimate of drug-likeness (QED) is 0.810. The molecule has 1 nitrogen and oxygen atoms in total. The first-order chi connectivity index (χ1) is 6.15. The second-order valence-corrected chi connectivity index (χ2v) is 3.57. The Hall–Kier alpha value is -0.670. The van der Waals surface area contributed by atoms with Crippen molar-refractivity contribution in [3.8, 4) is 0 Å². The summed E-state index contributed by atoms with van der Waals surface area (Å²) >= 11 is 3.04. The molecule has 0 aliphatic rings. The van der Waals surface area contributed by atoms with Crippen molar-refractivity contribution in [1.82, 2.24) is 0 Å². The van der Waals surface area contributed by atoms with Gasteiger partial charge in [-0.3, -0.25) is 0 Å². The van der Waals surface area contributed by atoms with Gasteiger partial charge < -0.3 is 5.11 Å². The molecule has 13 heavy (non-hydrogen) atoms. The highest BCUT2D eigenvalue weighted by atomic mass is 79.9. The normalized spacial score (nSPS) is 12.5. The van der Waals surface area contributed by atoms with Crippen LogP contribution < -0.4 is 0 Å². The summed E-state index contributed by atoms with van der Waals surface area (Å²) in [6.07, 6.45) is 1.37. The molecule has 0 aliphatic carbocycles. The number of aliphatic hydroxyl groups excluding tert-OH is 1. The van der Waals surface area contributed by atoms with Crippen LogP contribution in [0.25, 0.3) is 0 Å². The lowest BCUT2D eigenvalue weighted by molar-refractivity contribution is 0.181. The van der Waals surface area contributed by atoms with E-state index in [0.29, 0.717) is 16.5 Å². The third-order valence-electron chi connectivity index (χ3n) is 1.72. The van der Waals surface area contributed by atoms with Crippen LogP contribution in [0.2, 0.25) is 0 Å². The molecule has 70 valence electrons. The average Bonchev–Trinajstić information content (AvgIpc) is 2.10. The molecule has 0 spiro atoms. The Morgan fingerprint density at radius 2 is 2.31 bits per heavy atom. The molecular weight excluding hydrogens is 235 g/mol. The predicted octanol–water partition coefficient (Wildman–Crippen LogP) is 3.20. The Bertz CT molecular complexity index is 312. The Balaban J connectivity index is 2.89. The number of rotatable bonds is 3. The molecular formula is C10H10BrFO. The van der Waals surface area contributed by atoms with E-state index in [0.717, 1.165) is 0 Å². The molecule has 1 aromatic carbocycles. The fraction of sp³-hybridized carbons (Fsp3) is 0.200. The second-order valence-electron chi connectivity index (χ2n) is 2.71. The minimum Gasteiger partial charge on any atom is -0.388 e. The highest BCUT2D eigenvalue weighted by Gasteiger charge is 2.07. The fourth-order valence-corrected chi connectivity index (χ4v) is 1.26. The van der Waals surface area contributed by atoms with Gasteiger partial charge in [0.1, 0.15) is 5.82 Å². The smallest absolute Gasteiger partial charge is 0.137 e. The maximum atomic E-state index is 13.0. The van der Waals surface area contributed by atoms with Gasteiger partial charge in [0, 0.05) is 0 Å². The Kier molecular flexibility index (Phi) is 3.63. The molecule has 0 amide bonds. The molecule has 0 saturated heterocycles. The summed E-state index contributed by atoms with van der Waals surface area (Å²) in [7, 11) is 0. The monoisotopic (exact) mass is 244 g/mol. The van der Waals surface area contributed by atoms with E-state index in [1.807, 2.05) is 0 Å². The van der Waals surface area contributed by atoms with E-state index in [1.165, 1.54) is 6.07 Å². The van der Waals surface area contributed by atoms with Crippen LogP contribution >= 0.6 is 15.9 Å². The molecule has 1 N–H and O–H groups in total. The van der Waals surface area contributed by atoms with E-state index in [4.69, 9.17) is 0 Å². The van der Waals surface area contributed by atoms with Crippen LogP contribution in [0.15, 0.2) is 35.3 Å². The zero-order valence-corrected chi connectivity index (χ0v) is 8.59. The third-order valence-corrected chi connectivity index (χ3v) is 2.36. The zero-order chi connectivity index (χ0) is 9.84. The maximum absolute atomic E-state index is 13.0. The van der Waals surface area contributed by atoms with Crippen LogP contribution in [-0.2, 0) is 0 Å². The van der Waals surface area contributed by atoms with Crippen LogP contribution in [-0.4, -0.2) is 5.11 Å². The predicted molar refractivity (Wildman–Crippen MR) is 53.9 cm³/mol. The molecule has 0 saturated carbocycles. The molecule has 0 fully saturated rings. The van der Waals surface area contributed by atoms with E-state index in [1.54, 1.807) is 18.2 Å². The van der Waals surface area contributed by atoms with Gasteiger partial charge in [-0.05, 0) is 40.0 Å². The van der Waals surface area contributed by atoms with Crippen LogP contribution in [0.1, 0.15) is 18.1 Å². The fourth-order valence-electron chi connectivity index (χ4n) is 1.01. The number of benzene rings is 1. The minimum atomic E-state index is -0.667. The highest BCUT2D eigenvalue weighted by molar-refractivity contribution is 9.10. The summed E-state index contributed by atoms with van der Waals surface area (Å²) in [5.41, 5.74) is 0.570. The van der Waals surface area contributed by atoms with Crippen LogP contribution in [0.3, 0.4) is 0 Å². The topological polar surface area (TPSA) is 20.2 Å². The lowest BCUT2D eigenvalue weighted by Crippen LogP contribution is -1.96. The van der Waals surface area contributed by atoms with Crippen molar-refractivity contribution in [2.24, 2.45) is 0 Å². The maximum Gasteiger partial charge on any atom is 0.137 e. The van der Waals surface area contributed by atoms with Crippen LogP contribution in [0.5, 0.6) is 0 Å².